The molecule has 1 aliphatic rings. The van der Waals surface area contributed by atoms with Gasteiger partial charge >= 0.3 is 0 Å². The Hall–Kier alpha value is -2.11. The van der Waals surface area contributed by atoms with E-state index in [1.807, 2.05) is 0 Å². The van der Waals surface area contributed by atoms with Crippen LogP contribution in [-0.2, 0) is 9.59 Å². The van der Waals surface area contributed by atoms with E-state index in [9.17, 15) is 9.59 Å². The van der Waals surface area contributed by atoms with Gasteiger partial charge in [0.2, 0.25) is 0 Å². The molecule has 1 rings (SSSR count). The molecule has 0 radical (unpaired) electrons. The first-order valence-electron chi connectivity index (χ1n) is 4.72. The first kappa shape index (κ1) is 12.0. The minimum Gasteiger partial charge on any atom is -0.386 e. The number of nitrogens with one attached hydrogen (secondary N) is 1. The Bertz CT molecular complexity index is 393. The third kappa shape index (κ3) is 1.81. The van der Waals surface area contributed by atoms with E-state index in [1.54, 1.807) is 6.92 Å². The lowest BCUT2D eigenvalue weighted by Gasteiger charge is -2.25. The first-order valence-corrected chi connectivity index (χ1v) is 4.72. The fourth-order valence-corrected chi connectivity index (χ4v) is 1.49. The quantitative estimate of drug-likeness (QED) is 0.410. The van der Waals surface area contributed by atoms with E-state index >= 15 is 0 Å². The second kappa shape index (κ2) is 4.61. The summed E-state index contributed by atoms with van der Waals surface area (Å²) in [4.78, 5) is 23.7. The van der Waals surface area contributed by atoms with Crippen molar-refractivity contribution < 1.29 is 9.59 Å². The van der Waals surface area contributed by atoms with E-state index in [-0.39, 0.29) is 6.42 Å². The van der Waals surface area contributed by atoms with Crippen LogP contribution in [0.15, 0.2) is 34.8 Å². The number of amidine groups is 1. The fourth-order valence-electron chi connectivity index (χ4n) is 1.49. The summed E-state index contributed by atoms with van der Waals surface area (Å²) in [7, 11) is 0. The molecule has 16 heavy (non-hydrogen) atoms. The zero-order valence-electron chi connectivity index (χ0n) is 8.80. The van der Waals surface area contributed by atoms with Crippen molar-refractivity contribution in [3.8, 4) is 0 Å². The van der Waals surface area contributed by atoms with E-state index in [0.29, 0.717) is 0 Å². The molecule has 0 atom stereocenters. The van der Waals surface area contributed by atoms with Crippen LogP contribution in [0.4, 0.5) is 0 Å². The molecule has 0 unspecified atom stereocenters. The van der Waals surface area contributed by atoms with Crippen molar-refractivity contribution in [1.82, 2.24) is 0 Å². The number of allylic oxidation sites excluding steroid dienone is 2. The maximum Gasteiger partial charge on any atom is 0.178 e. The molecule has 6 heteroatoms. The van der Waals surface area contributed by atoms with E-state index in [1.165, 1.54) is 12.4 Å². The van der Waals surface area contributed by atoms with E-state index in [2.05, 4.69) is 10.2 Å². The molecule has 1 aliphatic heterocycles. The number of azo groups is 1. The molecule has 1 heterocycles. The number of ketones is 2. The van der Waals surface area contributed by atoms with Gasteiger partial charge in [-0.1, -0.05) is 6.92 Å². The lowest BCUT2D eigenvalue weighted by molar-refractivity contribution is -0.131. The maximum atomic E-state index is 11.9. The second-order valence-electron chi connectivity index (χ2n) is 3.26. The van der Waals surface area contributed by atoms with Crippen LogP contribution in [0, 0.1) is 10.8 Å². The summed E-state index contributed by atoms with van der Waals surface area (Å²) in [6.45, 7) is 1.63. The molecule has 0 saturated carbocycles. The molecule has 3 N–H and O–H groups in total. The lowest BCUT2D eigenvalue weighted by atomic mass is 9.75. The van der Waals surface area contributed by atoms with Gasteiger partial charge in [-0.25, -0.2) is 0 Å². The van der Waals surface area contributed by atoms with Crippen LogP contribution in [0.1, 0.15) is 13.3 Å². The van der Waals surface area contributed by atoms with Crippen molar-refractivity contribution in [2.24, 2.45) is 21.4 Å². The molecule has 84 valence electrons. The molecular formula is C10H12N4O2. The normalized spacial score (nSPS) is 25.1. The average Bonchev–Trinajstić information content (AvgIpc) is 2.29. The highest BCUT2D eigenvalue weighted by atomic mass is 16.2. The van der Waals surface area contributed by atoms with Crippen LogP contribution in [-0.4, -0.2) is 17.4 Å². The molecule has 0 spiro atoms. The number of hydrogen-bond acceptors (Lipinski definition) is 5. The Labute approximate surface area is 92.4 Å². The Morgan fingerprint density at radius 3 is 2.06 bits per heavy atom. The molecule has 0 bridgehead atoms. The standard InChI is InChI=1S/C10H12N4O2/c1-2-10(9(11)12)7(15)3-5-13-14-6-4-8(10)16/h3-6H,2H2,1H3,(H3,11,12). The lowest BCUT2D eigenvalue weighted by Crippen LogP contribution is -2.48. The molecule has 0 aromatic rings. The monoisotopic (exact) mass is 220 g/mol. The summed E-state index contributed by atoms with van der Waals surface area (Å²) in [6.07, 6.45) is 4.71. The van der Waals surface area contributed by atoms with Crippen LogP contribution in [0.5, 0.6) is 0 Å². The van der Waals surface area contributed by atoms with Gasteiger partial charge in [-0.2, -0.15) is 10.2 Å². The molecule has 0 saturated heterocycles. The van der Waals surface area contributed by atoms with Gasteiger partial charge in [0.1, 0.15) is 5.84 Å². The molecule has 6 nitrogen and oxygen atoms in total. The third-order valence-electron chi connectivity index (χ3n) is 2.48. The summed E-state index contributed by atoms with van der Waals surface area (Å²) in [5, 5.41) is 14.5. The summed E-state index contributed by atoms with van der Waals surface area (Å²) in [6, 6.07) is 0. The number of nitrogens with two attached hydrogens (primary N) is 1. The molecule has 0 aromatic heterocycles. The highest BCUT2D eigenvalue weighted by Crippen LogP contribution is 2.26. The van der Waals surface area contributed by atoms with Gasteiger partial charge in [-0.3, -0.25) is 15.0 Å². The highest BCUT2D eigenvalue weighted by Gasteiger charge is 2.44. The van der Waals surface area contributed by atoms with Gasteiger partial charge in [-0.05, 0) is 6.42 Å². The largest absolute Gasteiger partial charge is 0.386 e. The summed E-state index contributed by atoms with van der Waals surface area (Å²) >= 11 is 0. The van der Waals surface area contributed by atoms with Crippen LogP contribution in [0.3, 0.4) is 0 Å². The molecule has 0 fully saturated rings. The fraction of sp³-hybridized carbons (Fsp3) is 0.300. The van der Waals surface area contributed by atoms with Crippen molar-refractivity contribution in [3.63, 3.8) is 0 Å². The van der Waals surface area contributed by atoms with E-state index in [4.69, 9.17) is 11.1 Å². The predicted octanol–water partition coefficient (Wildman–Crippen LogP) is 0.950. The van der Waals surface area contributed by atoms with Crippen LogP contribution in [0.2, 0.25) is 0 Å². The number of nitrogens with zero attached hydrogens (tertiary/aromatic N) is 2. The zero-order valence-corrected chi connectivity index (χ0v) is 8.80. The minimum atomic E-state index is -1.61. The minimum absolute atomic E-state index is 0.134. The summed E-state index contributed by atoms with van der Waals surface area (Å²) in [5.41, 5.74) is 3.77. The van der Waals surface area contributed by atoms with E-state index in [0.717, 1.165) is 12.2 Å². The van der Waals surface area contributed by atoms with Gasteiger partial charge in [0.25, 0.3) is 0 Å². The number of hydrogen-bond donors (Lipinski definition) is 2. The molecular weight excluding hydrogens is 208 g/mol. The predicted molar refractivity (Wildman–Crippen MR) is 57.8 cm³/mol. The van der Waals surface area contributed by atoms with E-state index < -0.39 is 22.8 Å². The Morgan fingerprint density at radius 1 is 1.31 bits per heavy atom. The topological polar surface area (TPSA) is 109 Å². The van der Waals surface area contributed by atoms with Gasteiger partial charge in [0.15, 0.2) is 17.0 Å². The number of carbonyl (C=O) groups excluding carboxylic acids is 2. The SMILES string of the molecule is CCC1(C(=N)N)C(=O)C=CN=NC=CC1=O. The van der Waals surface area contributed by atoms with Gasteiger partial charge in [0, 0.05) is 12.2 Å². The highest BCUT2D eigenvalue weighted by molar-refractivity contribution is 6.29. The second-order valence-corrected chi connectivity index (χ2v) is 3.26. The Balaban J connectivity index is 3.35. The van der Waals surface area contributed by atoms with Crippen LogP contribution >= 0.6 is 0 Å². The maximum absolute atomic E-state index is 11.9. The van der Waals surface area contributed by atoms with Crippen molar-refractivity contribution in [2.75, 3.05) is 0 Å². The van der Waals surface area contributed by atoms with Crippen molar-refractivity contribution in [2.45, 2.75) is 13.3 Å². The molecule has 0 amide bonds. The number of carbonyl (C=O) groups is 2. The number of rotatable bonds is 2. The molecule has 0 aliphatic carbocycles. The summed E-state index contributed by atoms with van der Waals surface area (Å²) in [5.74, 6) is -1.54. The van der Waals surface area contributed by atoms with Gasteiger partial charge in [-0.15, -0.1) is 0 Å². The van der Waals surface area contributed by atoms with Gasteiger partial charge in [0.05, 0.1) is 12.4 Å². The van der Waals surface area contributed by atoms with Gasteiger partial charge < -0.3 is 5.73 Å². The Kier molecular flexibility index (Phi) is 3.44. The smallest absolute Gasteiger partial charge is 0.178 e. The Morgan fingerprint density at radius 2 is 1.75 bits per heavy atom. The zero-order chi connectivity index (χ0) is 12.2. The van der Waals surface area contributed by atoms with Crippen LogP contribution < -0.4 is 5.73 Å². The van der Waals surface area contributed by atoms with Crippen LogP contribution in [0.25, 0.3) is 0 Å². The third-order valence-corrected chi connectivity index (χ3v) is 2.48. The first-order chi connectivity index (χ1) is 7.55. The van der Waals surface area contributed by atoms with Crippen molar-refractivity contribution in [3.05, 3.63) is 24.6 Å². The average molecular weight is 220 g/mol. The molecule has 0 aromatic carbocycles. The van der Waals surface area contributed by atoms with Crippen molar-refractivity contribution in [1.29, 1.82) is 5.41 Å². The summed E-state index contributed by atoms with van der Waals surface area (Å²) < 4.78 is 0. The van der Waals surface area contributed by atoms with Crippen molar-refractivity contribution >= 4 is 17.4 Å².